The number of aryl methyl sites for hydroxylation is 1. The number of Topliss-reactive ketones (excluding diaryl/α,β-unsaturated/α-hetero) is 3. The van der Waals surface area contributed by atoms with Crippen molar-refractivity contribution in [2.75, 3.05) is 165 Å². The number of hydrogen-bond acceptors (Lipinski definition) is 32. The van der Waals surface area contributed by atoms with E-state index in [1.807, 2.05) is 76.4 Å². The largest absolute Gasteiger partial charge is 0.460 e. The molecule has 4 aromatic heterocycles. The number of ether oxygens (including phenoxy) is 15. The zero-order chi connectivity index (χ0) is 91.0. The highest BCUT2D eigenvalue weighted by atomic mass is 16.6. The number of carbonyl (C=O) groups excluding carboxylic acids is 6. The van der Waals surface area contributed by atoms with Crippen LogP contribution in [0.3, 0.4) is 0 Å². The number of nitrogens with two attached hydrogens (primary N) is 2. The summed E-state index contributed by atoms with van der Waals surface area (Å²) in [7, 11) is 4.61. The average Bonchev–Trinajstić information content (AvgIpc) is 1.54. The normalized spacial score (nSPS) is 26.5. The lowest BCUT2D eigenvalue weighted by molar-refractivity contribution is -0.265. The number of carbonyl (C=O) groups is 6. The summed E-state index contributed by atoms with van der Waals surface area (Å²) in [6.45, 7) is 21.6. The number of ketones is 3. The summed E-state index contributed by atoms with van der Waals surface area (Å²) in [6.07, 6.45) is 16.3. The van der Waals surface area contributed by atoms with Gasteiger partial charge in [-0.3, -0.25) is 24.0 Å². The molecule has 0 radical (unpaired) electrons. The molecule has 7 heterocycles. The molecule has 9 rings (SSSR count). The van der Waals surface area contributed by atoms with Crippen LogP contribution in [-0.2, 0) is 120 Å². The average molecular weight is 1780 g/mol. The number of cyclic esters (lactones) is 1. The standard InChI is InChI=1S/C91H138N12O24/c1-60-18-12-11-13-19-61(2)76(112-8)55-70-24-21-66(7)91(111,127-70)85(108)88(109)102-29-16-14-20-72(102)89(110)125-77(56-73(104)62(3)51-65(6)83(107)84(114-10)82(106)64(5)50-60)63(4)52-67-22-25-75(78(53-67)113-9)124-49-48-123-58-69-57-101(100-98-69)31-33-116-35-37-118-39-41-120-43-45-122-47-46-121-44-42-119-40-38-117-36-34-115-32-27-79(105)94-28-15-17-30-103-87-80(86(92)95-59-96-87)81(99-103)68-23-26-74-71(54-68)97-90(93)126-74/h11-13,18-19,23,26,51,54,57,59-60,62-64,66-67,70,72,75-78,83-84,107,111H,14-17,20-22,24-25,27-50,52-53,55-56,58H2,1-10H3,(H2,93,97)(H,94,105)(H2,92,95,96)/b13-11-,18-12-,61-19-,65-51-/t60-,62-,63-,64-,66-,67+,70+,72+,75-,76+,77+,78-,83-,84+,91-/m1/s1. The maximum Gasteiger partial charge on any atom is 0.329 e. The maximum absolute atomic E-state index is 14.8. The molecule has 3 fully saturated rings. The monoisotopic (exact) mass is 1780 g/mol. The number of methoxy groups -OCH3 is 3. The Morgan fingerprint density at radius 1 is 0.717 bits per heavy atom. The minimum Gasteiger partial charge on any atom is -0.460 e. The van der Waals surface area contributed by atoms with Crippen molar-refractivity contribution >= 4 is 69.1 Å². The summed E-state index contributed by atoms with van der Waals surface area (Å²) >= 11 is 0. The summed E-state index contributed by atoms with van der Waals surface area (Å²) in [5.41, 5.74) is 17.1. The van der Waals surface area contributed by atoms with Crippen molar-refractivity contribution in [3.63, 3.8) is 0 Å². The van der Waals surface area contributed by atoms with Crippen LogP contribution in [0.1, 0.15) is 150 Å². The molecule has 36 nitrogen and oxygen atoms in total. The van der Waals surface area contributed by atoms with Crippen LogP contribution in [0.4, 0.5) is 11.8 Å². The second-order valence-electron chi connectivity index (χ2n) is 33.4. The van der Waals surface area contributed by atoms with Crippen LogP contribution in [0, 0.1) is 35.5 Å². The van der Waals surface area contributed by atoms with Crippen LogP contribution in [0.2, 0.25) is 0 Å². The summed E-state index contributed by atoms with van der Waals surface area (Å²) in [5.74, 6) is -8.07. The molecule has 3 aliphatic heterocycles. The van der Waals surface area contributed by atoms with E-state index in [4.69, 9.17) is 92.0 Å². The van der Waals surface area contributed by atoms with Gasteiger partial charge in [0.15, 0.2) is 17.0 Å². The Balaban J connectivity index is 0.586. The Labute approximate surface area is 744 Å². The van der Waals surface area contributed by atoms with E-state index in [2.05, 4.69) is 30.6 Å². The second kappa shape index (κ2) is 54.4. The van der Waals surface area contributed by atoms with E-state index >= 15 is 0 Å². The number of piperidine rings is 1. The second-order valence-corrected chi connectivity index (χ2v) is 33.4. The first-order valence-electron chi connectivity index (χ1n) is 45.0. The minimum atomic E-state index is -2.47. The molecule has 706 valence electrons. The molecule has 36 heteroatoms. The highest BCUT2D eigenvalue weighted by Crippen LogP contribution is 2.39. The number of nitrogens with zero attached hydrogens (tertiary/aromatic N) is 9. The molecule has 2 amide bonds. The molecule has 2 bridgehead atoms. The van der Waals surface area contributed by atoms with Gasteiger partial charge in [-0.25, -0.2) is 24.1 Å². The maximum atomic E-state index is 14.8. The van der Waals surface area contributed by atoms with Crippen molar-refractivity contribution in [3.8, 4) is 11.3 Å². The Bertz CT molecular complexity index is 4320. The number of oxazole rings is 1. The van der Waals surface area contributed by atoms with Gasteiger partial charge in [0.2, 0.25) is 11.7 Å². The van der Waals surface area contributed by atoms with Crippen LogP contribution < -0.4 is 16.8 Å². The first-order valence-corrected chi connectivity index (χ1v) is 45.0. The smallest absolute Gasteiger partial charge is 0.329 e. The predicted molar refractivity (Wildman–Crippen MR) is 469 cm³/mol. The van der Waals surface area contributed by atoms with E-state index in [-0.39, 0.29) is 92.5 Å². The van der Waals surface area contributed by atoms with Crippen molar-refractivity contribution in [1.82, 2.24) is 49.9 Å². The fraction of sp³-hybridized carbons (Fsp3) is 0.692. The molecular formula is C91H138N12O24. The third-order valence-corrected chi connectivity index (χ3v) is 23.7. The number of aliphatic hydroxyl groups excluding tert-OH is 1. The third-order valence-electron chi connectivity index (χ3n) is 23.7. The molecule has 127 heavy (non-hydrogen) atoms. The Hall–Kier alpha value is -8.28. The summed E-state index contributed by atoms with van der Waals surface area (Å²) in [6, 6.07) is 4.39. The van der Waals surface area contributed by atoms with Crippen molar-refractivity contribution in [1.29, 1.82) is 0 Å². The lowest BCUT2D eigenvalue weighted by atomic mass is 9.78. The number of aromatic nitrogens is 8. The lowest BCUT2D eigenvalue weighted by Gasteiger charge is -2.42. The SMILES string of the molecule is CO[C@H]1C[C@@H]2CC[C@@H](C)[C@@](O)(O2)C(=O)C(=O)N2CCCC[C@H]2C(=O)O[C@H]([C@H](C)C[C@@H]2CC[C@@H](OCCOCc3cn(CCOCCOCCOCCOCCOCCOCCOCCOCCC(=O)NCCCCn4nc(-c5ccc6oc(N)nc6c5)c5c(N)ncnc54)nn3)[C@H](OC)C2)CC(=O)[C@H](C)/C=C(/C)[C@@H](O)[C@@H](OC)C(=O)[C@H](C)C[C@H](C)\C=C/C=C\C=C/1C. The number of fused-ring (bicyclic) bond motifs is 5. The summed E-state index contributed by atoms with van der Waals surface area (Å²) in [5, 5.41) is 40.7. The molecular weight excluding hydrogens is 1650 g/mol. The van der Waals surface area contributed by atoms with E-state index in [1.54, 1.807) is 56.5 Å². The highest BCUT2D eigenvalue weighted by molar-refractivity contribution is 6.39. The minimum absolute atomic E-state index is 0.00921. The van der Waals surface area contributed by atoms with Crippen LogP contribution in [-0.4, -0.2) is 298 Å². The number of esters is 1. The van der Waals surface area contributed by atoms with Crippen LogP contribution in [0.5, 0.6) is 0 Å². The number of unbranched alkanes of at least 4 members (excludes halogenated alkanes) is 1. The molecule has 5 aromatic rings. The third kappa shape index (κ3) is 32.4. The first-order chi connectivity index (χ1) is 61.4. The van der Waals surface area contributed by atoms with Crippen molar-refractivity contribution < 1.29 is 114 Å². The number of nitrogens with one attached hydrogen (secondary N) is 1. The number of hydrogen-bond donors (Lipinski definition) is 5. The van der Waals surface area contributed by atoms with Gasteiger partial charge in [0.1, 0.15) is 59.2 Å². The topological polar surface area (TPSA) is 449 Å². The van der Waals surface area contributed by atoms with Crippen LogP contribution in [0.15, 0.2) is 82.7 Å². The molecule has 1 aliphatic carbocycles. The number of rotatable bonds is 45. The van der Waals surface area contributed by atoms with Gasteiger partial charge in [-0.1, -0.05) is 76.3 Å². The summed E-state index contributed by atoms with van der Waals surface area (Å²) < 4.78 is 96.4. The molecule has 7 N–H and O–H groups in total. The van der Waals surface area contributed by atoms with Gasteiger partial charge in [-0.15, -0.1) is 5.10 Å². The Kier molecular flexibility index (Phi) is 43.9. The fourth-order valence-electron chi connectivity index (χ4n) is 16.4. The van der Waals surface area contributed by atoms with Crippen molar-refractivity contribution in [2.24, 2.45) is 35.5 Å². The van der Waals surface area contributed by atoms with Gasteiger partial charge >= 0.3 is 5.97 Å². The number of anilines is 2. The van der Waals surface area contributed by atoms with Gasteiger partial charge < -0.3 is 107 Å². The van der Waals surface area contributed by atoms with Gasteiger partial charge in [-0.2, -0.15) is 10.1 Å². The highest BCUT2D eigenvalue weighted by Gasteiger charge is 2.53. The Morgan fingerprint density at radius 2 is 1.39 bits per heavy atom. The fourth-order valence-corrected chi connectivity index (χ4v) is 16.4. The lowest BCUT2D eigenvalue weighted by Crippen LogP contribution is -2.61. The number of allylic oxidation sites excluding steroid dienone is 6. The summed E-state index contributed by atoms with van der Waals surface area (Å²) in [4.78, 5) is 98.7. The van der Waals surface area contributed by atoms with Crippen molar-refractivity contribution in [3.05, 3.63) is 84.0 Å². The van der Waals surface area contributed by atoms with E-state index in [1.165, 1.54) is 18.3 Å². The molecule has 1 saturated carbocycles. The Morgan fingerprint density at radius 3 is 2.07 bits per heavy atom. The van der Waals surface area contributed by atoms with Gasteiger partial charge in [0.05, 0.1) is 168 Å². The predicted octanol–water partition coefficient (Wildman–Crippen LogP) is 8.25. The van der Waals surface area contributed by atoms with E-state index in [9.17, 15) is 39.0 Å². The molecule has 15 atom stereocenters. The van der Waals surface area contributed by atoms with E-state index < -0.39 is 77.8 Å². The van der Waals surface area contributed by atoms with Gasteiger partial charge in [0.25, 0.3) is 17.7 Å². The van der Waals surface area contributed by atoms with Crippen molar-refractivity contribution in [2.45, 2.75) is 219 Å². The zero-order valence-electron chi connectivity index (χ0n) is 75.9. The first kappa shape index (κ1) is 102. The number of amides is 2. The zero-order valence-corrected chi connectivity index (χ0v) is 75.9. The number of benzene rings is 1. The van der Waals surface area contributed by atoms with Gasteiger partial charge in [0, 0.05) is 83.5 Å². The number of aliphatic hydroxyl groups is 2. The number of nitrogen functional groups attached to an aromatic ring is 2. The molecule has 1 aromatic carbocycles. The van der Waals surface area contributed by atoms with E-state index in [0.29, 0.717) is 235 Å². The quantitative estimate of drug-likeness (QED) is 0.0106. The molecule has 0 spiro atoms. The van der Waals surface area contributed by atoms with Crippen LogP contribution in [0.25, 0.3) is 33.4 Å². The molecule has 2 saturated heterocycles. The van der Waals surface area contributed by atoms with Gasteiger partial charge in [-0.05, 0) is 138 Å². The molecule has 4 aliphatic rings. The van der Waals surface area contributed by atoms with Crippen LogP contribution >= 0.6 is 0 Å². The molecule has 0 unspecified atom stereocenters. The van der Waals surface area contributed by atoms with E-state index in [0.717, 1.165) is 30.4 Å².